The summed E-state index contributed by atoms with van der Waals surface area (Å²) in [6.45, 7) is 2.18. The third kappa shape index (κ3) is 5.05. The van der Waals surface area contributed by atoms with Crippen molar-refractivity contribution in [3.05, 3.63) is 58.9 Å². The van der Waals surface area contributed by atoms with Gasteiger partial charge < -0.3 is 10.1 Å². The molecule has 32 heavy (non-hydrogen) atoms. The SMILES string of the molecule is CCCCCC(=O)OCCNc1c([N+](=O)[O-])cnc2c1ccn2S(=O)(=O)c1ccccc1. The van der Waals surface area contributed by atoms with Gasteiger partial charge in [-0.05, 0) is 24.6 Å². The number of unbranched alkanes of at least 4 members (excludes halogenated alkanes) is 2. The van der Waals surface area contributed by atoms with Gasteiger partial charge in [0.15, 0.2) is 5.65 Å². The van der Waals surface area contributed by atoms with Gasteiger partial charge in [0.25, 0.3) is 10.0 Å². The third-order valence-corrected chi connectivity index (χ3v) is 6.49. The fourth-order valence-corrected chi connectivity index (χ4v) is 4.53. The molecule has 0 saturated heterocycles. The zero-order valence-corrected chi connectivity index (χ0v) is 18.4. The number of pyridine rings is 1. The number of rotatable bonds is 11. The number of nitrogens with one attached hydrogen (secondary N) is 1. The minimum Gasteiger partial charge on any atom is -0.464 e. The van der Waals surface area contributed by atoms with Crippen LogP contribution in [0.5, 0.6) is 0 Å². The van der Waals surface area contributed by atoms with Gasteiger partial charge >= 0.3 is 11.7 Å². The quantitative estimate of drug-likeness (QED) is 0.198. The largest absolute Gasteiger partial charge is 0.464 e. The smallest absolute Gasteiger partial charge is 0.311 e. The highest BCUT2D eigenvalue weighted by Gasteiger charge is 2.24. The van der Waals surface area contributed by atoms with Gasteiger partial charge in [-0.1, -0.05) is 38.0 Å². The van der Waals surface area contributed by atoms with Crippen molar-refractivity contribution >= 4 is 38.4 Å². The average Bonchev–Trinajstić information content (AvgIpc) is 3.22. The Labute approximate surface area is 185 Å². The highest BCUT2D eigenvalue weighted by molar-refractivity contribution is 7.90. The lowest BCUT2D eigenvalue weighted by atomic mass is 10.2. The van der Waals surface area contributed by atoms with Crippen LogP contribution in [0, 0.1) is 10.1 Å². The van der Waals surface area contributed by atoms with E-state index in [1.807, 2.05) is 6.92 Å². The third-order valence-electron chi connectivity index (χ3n) is 4.81. The standard InChI is InChI=1S/C21H24N4O6S/c1-2-3-5-10-19(26)31-14-12-22-20-17-11-13-24(21(17)23-15-18(20)25(27)28)32(29,30)16-8-6-4-7-9-16/h4,6-9,11,13,15H,2-3,5,10,12,14H2,1H3,(H,22,23). The zero-order chi connectivity index (χ0) is 23.1. The lowest BCUT2D eigenvalue weighted by Crippen LogP contribution is -2.15. The Morgan fingerprint density at radius 2 is 1.97 bits per heavy atom. The molecule has 0 aliphatic heterocycles. The Morgan fingerprint density at radius 1 is 1.22 bits per heavy atom. The van der Waals surface area contributed by atoms with Crippen molar-refractivity contribution in [2.24, 2.45) is 0 Å². The summed E-state index contributed by atoms with van der Waals surface area (Å²) in [7, 11) is -3.93. The fourth-order valence-electron chi connectivity index (χ4n) is 3.21. The number of anilines is 1. The van der Waals surface area contributed by atoms with E-state index in [1.165, 1.54) is 24.4 Å². The second-order valence-electron chi connectivity index (χ2n) is 7.05. The molecule has 3 rings (SSSR count). The molecule has 0 atom stereocenters. The maximum absolute atomic E-state index is 13.0. The summed E-state index contributed by atoms with van der Waals surface area (Å²) in [6, 6.07) is 9.28. The maximum Gasteiger partial charge on any atom is 0.311 e. The molecule has 1 N–H and O–H groups in total. The highest BCUT2D eigenvalue weighted by atomic mass is 32.2. The lowest BCUT2D eigenvalue weighted by molar-refractivity contribution is -0.384. The Bertz CT molecular complexity index is 1210. The lowest BCUT2D eigenvalue weighted by Gasteiger charge is -2.10. The predicted molar refractivity (Wildman–Crippen MR) is 119 cm³/mol. The number of carbonyl (C=O) groups excluding carboxylic acids is 1. The van der Waals surface area contributed by atoms with Crippen LogP contribution in [0.1, 0.15) is 32.6 Å². The molecule has 0 fully saturated rings. The molecule has 2 heterocycles. The van der Waals surface area contributed by atoms with Gasteiger partial charge in [0.05, 0.1) is 15.2 Å². The molecule has 2 aromatic heterocycles. The van der Waals surface area contributed by atoms with Crippen LogP contribution < -0.4 is 5.32 Å². The molecule has 0 spiro atoms. The van der Waals surface area contributed by atoms with Gasteiger partial charge in [-0.25, -0.2) is 17.4 Å². The van der Waals surface area contributed by atoms with Crippen LogP contribution in [0.15, 0.2) is 53.7 Å². The molecule has 1 aromatic carbocycles. The van der Waals surface area contributed by atoms with E-state index in [4.69, 9.17) is 4.74 Å². The minimum absolute atomic E-state index is 0.0228. The first-order chi connectivity index (χ1) is 15.4. The van der Waals surface area contributed by atoms with Crippen molar-refractivity contribution in [3.63, 3.8) is 0 Å². The first-order valence-electron chi connectivity index (χ1n) is 10.2. The maximum atomic E-state index is 13.0. The van der Waals surface area contributed by atoms with Crippen molar-refractivity contribution in [2.75, 3.05) is 18.5 Å². The molecular formula is C21H24N4O6S. The predicted octanol–water partition coefficient (Wildman–Crippen LogP) is 3.72. The average molecular weight is 461 g/mol. The molecule has 0 saturated carbocycles. The summed E-state index contributed by atoms with van der Waals surface area (Å²) in [5.41, 5.74) is -0.135. The van der Waals surface area contributed by atoms with E-state index >= 15 is 0 Å². The van der Waals surface area contributed by atoms with Crippen molar-refractivity contribution < 1.29 is 22.9 Å². The van der Waals surface area contributed by atoms with Gasteiger partial charge in [0, 0.05) is 19.2 Å². The number of hydrogen-bond donors (Lipinski definition) is 1. The van der Waals surface area contributed by atoms with E-state index in [-0.39, 0.29) is 46.4 Å². The minimum atomic E-state index is -3.93. The first kappa shape index (κ1) is 23.2. The van der Waals surface area contributed by atoms with Crippen LogP contribution in [0.4, 0.5) is 11.4 Å². The summed E-state index contributed by atoms with van der Waals surface area (Å²) >= 11 is 0. The van der Waals surface area contributed by atoms with Gasteiger partial charge in [-0.3, -0.25) is 14.9 Å². The number of nitro groups is 1. The summed E-state index contributed by atoms with van der Waals surface area (Å²) < 4.78 is 32.1. The van der Waals surface area contributed by atoms with E-state index < -0.39 is 14.9 Å². The first-order valence-corrected chi connectivity index (χ1v) is 11.6. The molecule has 10 nitrogen and oxygen atoms in total. The van der Waals surface area contributed by atoms with E-state index in [0.29, 0.717) is 6.42 Å². The van der Waals surface area contributed by atoms with E-state index in [0.717, 1.165) is 29.4 Å². The van der Waals surface area contributed by atoms with Crippen molar-refractivity contribution in [1.29, 1.82) is 0 Å². The van der Waals surface area contributed by atoms with Crippen LogP contribution in [0.25, 0.3) is 11.0 Å². The number of carbonyl (C=O) groups is 1. The molecule has 170 valence electrons. The van der Waals surface area contributed by atoms with Gasteiger partial charge in [-0.15, -0.1) is 0 Å². The molecule has 0 amide bonds. The van der Waals surface area contributed by atoms with Gasteiger partial charge in [0.1, 0.15) is 18.5 Å². The number of hydrogen-bond acceptors (Lipinski definition) is 8. The summed E-state index contributed by atoms with van der Waals surface area (Å²) in [6.07, 6.45) is 5.34. The number of ether oxygens (including phenoxy) is 1. The molecule has 0 aliphatic rings. The molecule has 0 unspecified atom stereocenters. The van der Waals surface area contributed by atoms with Crippen LogP contribution >= 0.6 is 0 Å². The van der Waals surface area contributed by atoms with E-state index in [9.17, 15) is 23.3 Å². The molecule has 0 aliphatic carbocycles. The molecule has 0 radical (unpaired) electrons. The Balaban J connectivity index is 1.84. The van der Waals surface area contributed by atoms with Crippen molar-refractivity contribution in [1.82, 2.24) is 8.96 Å². The van der Waals surface area contributed by atoms with Crippen LogP contribution in [0.3, 0.4) is 0 Å². The number of aromatic nitrogens is 2. The summed E-state index contributed by atoms with van der Waals surface area (Å²) in [5, 5.41) is 14.7. The molecule has 3 aromatic rings. The topological polar surface area (TPSA) is 133 Å². The molecule has 11 heteroatoms. The monoisotopic (exact) mass is 460 g/mol. The fraction of sp³-hybridized carbons (Fsp3) is 0.333. The molecule has 0 bridgehead atoms. The Morgan fingerprint density at radius 3 is 2.66 bits per heavy atom. The highest BCUT2D eigenvalue weighted by Crippen LogP contribution is 2.33. The zero-order valence-electron chi connectivity index (χ0n) is 17.6. The normalized spacial score (nSPS) is 11.4. The van der Waals surface area contributed by atoms with Crippen molar-refractivity contribution in [2.45, 2.75) is 37.5 Å². The Kier molecular flexibility index (Phi) is 7.41. The van der Waals surface area contributed by atoms with E-state index in [1.54, 1.807) is 18.2 Å². The van der Waals surface area contributed by atoms with E-state index in [2.05, 4.69) is 10.3 Å². The van der Waals surface area contributed by atoms with Crippen LogP contribution in [0.2, 0.25) is 0 Å². The van der Waals surface area contributed by atoms with Crippen LogP contribution in [-0.4, -0.2) is 41.4 Å². The van der Waals surface area contributed by atoms with Gasteiger partial charge in [-0.2, -0.15) is 0 Å². The van der Waals surface area contributed by atoms with Crippen molar-refractivity contribution in [3.8, 4) is 0 Å². The number of benzene rings is 1. The summed E-state index contributed by atoms with van der Waals surface area (Å²) in [4.78, 5) is 26.7. The van der Waals surface area contributed by atoms with Gasteiger partial charge in [0.2, 0.25) is 0 Å². The van der Waals surface area contributed by atoms with Crippen LogP contribution in [-0.2, 0) is 19.6 Å². The number of esters is 1. The molecular weight excluding hydrogens is 436 g/mol. The Hall–Kier alpha value is -3.47. The summed E-state index contributed by atoms with van der Waals surface area (Å²) in [5.74, 6) is -0.324. The number of nitrogens with zero attached hydrogens (tertiary/aromatic N) is 3. The second-order valence-corrected chi connectivity index (χ2v) is 8.86. The number of fused-ring (bicyclic) bond motifs is 1. The second kappa shape index (κ2) is 10.2.